The minimum absolute atomic E-state index is 0.0472. The molecule has 3 aromatic carbocycles. The molecular weight excluding hydrogens is 755 g/mol. The third kappa shape index (κ3) is 6.73. The van der Waals surface area contributed by atoms with Gasteiger partial charge in [-0.25, -0.2) is 19.6 Å². The zero-order valence-corrected chi connectivity index (χ0v) is 34.8. The monoisotopic (exact) mass is 807 g/mol. The maximum Gasteiger partial charge on any atom is 0.408 e. The molecule has 2 saturated heterocycles. The van der Waals surface area contributed by atoms with E-state index in [-0.39, 0.29) is 23.9 Å². The number of benzene rings is 3. The second-order valence-electron chi connectivity index (χ2n) is 17.2. The summed E-state index contributed by atoms with van der Waals surface area (Å²) in [4.78, 5) is 59.2. The minimum atomic E-state index is -0.971. The van der Waals surface area contributed by atoms with Crippen molar-refractivity contribution < 1.29 is 38.4 Å². The number of aromatic nitrogens is 4. The van der Waals surface area contributed by atoms with Gasteiger partial charge in [-0.3, -0.25) is 9.69 Å². The molecule has 5 aromatic rings. The van der Waals surface area contributed by atoms with Crippen molar-refractivity contribution in [2.24, 2.45) is 11.3 Å². The average Bonchev–Trinajstić information content (AvgIpc) is 4.03. The van der Waals surface area contributed by atoms with Gasteiger partial charge in [-0.15, -0.1) is 0 Å². The van der Waals surface area contributed by atoms with Crippen LogP contribution < -0.4 is 10.1 Å². The number of methoxy groups -OCH3 is 3. The highest BCUT2D eigenvalue weighted by molar-refractivity contribution is 6.07. The van der Waals surface area contributed by atoms with Crippen molar-refractivity contribution in [3.05, 3.63) is 65.9 Å². The first-order valence-electron chi connectivity index (χ1n) is 20.2. The molecule has 3 amide bonds. The lowest BCUT2D eigenvalue weighted by Crippen LogP contribution is -2.55. The van der Waals surface area contributed by atoms with E-state index >= 15 is 0 Å². The lowest BCUT2D eigenvalue weighted by molar-refractivity contribution is -0.139. The van der Waals surface area contributed by atoms with Gasteiger partial charge in [0.25, 0.3) is 0 Å². The molecule has 2 fully saturated rings. The number of hydrogen-bond donors (Lipinski definition) is 4. The van der Waals surface area contributed by atoms with E-state index in [1.807, 2.05) is 13.0 Å². The number of nitrogens with one attached hydrogen (secondary N) is 3. The normalized spacial score (nSPS) is 22.5. The molecule has 0 bridgehead atoms. The number of aromatic amines is 2. The fourth-order valence-corrected chi connectivity index (χ4v) is 9.69. The smallest absolute Gasteiger partial charge is 0.408 e. The molecule has 0 radical (unpaired) electrons. The molecule has 0 aliphatic carbocycles. The lowest BCUT2D eigenvalue weighted by atomic mass is 9.70. The highest BCUT2D eigenvalue weighted by Gasteiger charge is 2.58. The number of fused-ring (bicyclic) bond motifs is 6. The molecule has 5 heterocycles. The second kappa shape index (κ2) is 15.2. The Labute approximate surface area is 342 Å². The zero-order chi connectivity index (χ0) is 42.0. The summed E-state index contributed by atoms with van der Waals surface area (Å²) < 4.78 is 22.2. The maximum absolute atomic E-state index is 14.0. The van der Waals surface area contributed by atoms with E-state index in [1.165, 1.54) is 19.1 Å². The third-order valence-corrected chi connectivity index (χ3v) is 12.8. The number of imidazole rings is 2. The molecule has 3 aliphatic rings. The fraction of sp³-hybridized carbons (Fsp3) is 0.477. The topological polar surface area (TPSA) is 184 Å². The van der Waals surface area contributed by atoms with E-state index in [9.17, 15) is 19.5 Å². The Kier molecular flexibility index (Phi) is 10.3. The Morgan fingerprint density at radius 2 is 1.86 bits per heavy atom. The lowest BCUT2D eigenvalue weighted by Gasteiger charge is -2.45. The summed E-state index contributed by atoms with van der Waals surface area (Å²) in [5.74, 6) is 1.85. The molecule has 6 atom stereocenters. The number of rotatable bonds is 9. The number of H-pyrrole nitrogens is 2. The summed E-state index contributed by atoms with van der Waals surface area (Å²) in [6.45, 7) is 11.1. The van der Waals surface area contributed by atoms with Gasteiger partial charge < -0.3 is 44.2 Å². The first kappa shape index (κ1) is 40.1. The molecule has 8 rings (SSSR count). The van der Waals surface area contributed by atoms with Crippen LogP contribution in [0.3, 0.4) is 0 Å². The molecule has 59 heavy (non-hydrogen) atoms. The van der Waals surface area contributed by atoms with Crippen LogP contribution in [0.1, 0.15) is 77.1 Å². The summed E-state index contributed by atoms with van der Waals surface area (Å²) in [6.07, 6.45) is 1.63. The van der Waals surface area contributed by atoms with Crippen LogP contribution in [-0.4, -0.2) is 106 Å². The van der Waals surface area contributed by atoms with Crippen LogP contribution in [0, 0.1) is 11.3 Å². The molecular formula is C44H53N7O8. The van der Waals surface area contributed by atoms with Crippen molar-refractivity contribution in [2.45, 2.75) is 90.3 Å². The number of carbonyl (C=O) groups is 3. The van der Waals surface area contributed by atoms with Crippen molar-refractivity contribution in [3.8, 4) is 28.1 Å². The summed E-state index contributed by atoms with van der Waals surface area (Å²) in [7, 11) is 4.41. The van der Waals surface area contributed by atoms with Crippen molar-refractivity contribution in [2.75, 3.05) is 34.5 Å². The van der Waals surface area contributed by atoms with Gasteiger partial charge in [0.1, 0.15) is 35.6 Å². The number of carboxylic acid groups (broad SMARTS) is 1. The van der Waals surface area contributed by atoms with Crippen molar-refractivity contribution in [3.63, 3.8) is 0 Å². The highest BCUT2D eigenvalue weighted by atomic mass is 16.5. The molecule has 15 nitrogen and oxygen atoms in total. The van der Waals surface area contributed by atoms with Gasteiger partial charge in [-0.05, 0) is 84.9 Å². The average molecular weight is 808 g/mol. The molecule has 0 spiro atoms. The molecule has 4 N–H and O–H groups in total. The zero-order valence-electron chi connectivity index (χ0n) is 34.8. The highest BCUT2D eigenvalue weighted by Crippen LogP contribution is 2.52. The Morgan fingerprint density at radius 3 is 2.58 bits per heavy atom. The molecule has 2 aromatic heterocycles. The van der Waals surface area contributed by atoms with Crippen LogP contribution >= 0.6 is 0 Å². The van der Waals surface area contributed by atoms with Gasteiger partial charge in [0.2, 0.25) is 5.91 Å². The summed E-state index contributed by atoms with van der Waals surface area (Å²) in [5, 5.41) is 15.0. The number of alkyl carbamates (subject to hydrolysis) is 1. The second-order valence-corrected chi connectivity index (χ2v) is 17.2. The van der Waals surface area contributed by atoms with Crippen LogP contribution in [0.4, 0.5) is 9.59 Å². The summed E-state index contributed by atoms with van der Waals surface area (Å²) >= 11 is 0. The van der Waals surface area contributed by atoms with Crippen LogP contribution in [0.25, 0.3) is 44.2 Å². The van der Waals surface area contributed by atoms with Crippen LogP contribution in [-0.2, 0) is 31.2 Å². The van der Waals surface area contributed by atoms with Gasteiger partial charge >= 0.3 is 12.2 Å². The predicted molar refractivity (Wildman–Crippen MR) is 221 cm³/mol. The largest absolute Gasteiger partial charge is 0.488 e. The number of nitrogens with zero attached hydrogens (tertiary/aromatic N) is 4. The molecule has 15 heteroatoms. The summed E-state index contributed by atoms with van der Waals surface area (Å²) in [5.41, 5.74) is 5.12. The van der Waals surface area contributed by atoms with E-state index in [1.54, 1.807) is 25.1 Å². The quantitative estimate of drug-likeness (QED) is 0.117. The molecule has 312 valence electrons. The van der Waals surface area contributed by atoms with Gasteiger partial charge in [-0.2, -0.15) is 0 Å². The van der Waals surface area contributed by atoms with Crippen molar-refractivity contribution in [1.82, 2.24) is 35.1 Å². The minimum Gasteiger partial charge on any atom is -0.488 e. The van der Waals surface area contributed by atoms with E-state index in [0.717, 1.165) is 61.9 Å². The van der Waals surface area contributed by atoms with Crippen molar-refractivity contribution in [1.29, 1.82) is 0 Å². The van der Waals surface area contributed by atoms with Gasteiger partial charge in [0, 0.05) is 43.7 Å². The Morgan fingerprint density at radius 1 is 1.07 bits per heavy atom. The predicted octanol–water partition coefficient (Wildman–Crippen LogP) is 7.36. The number of ether oxygens (including phenoxy) is 4. The number of likely N-dealkylation sites (tertiary alicyclic amines) is 2. The fourth-order valence-electron chi connectivity index (χ4n) is 9.69. The Balaban J connectivity index is 1.09. The molecule has 0 unspecified atom stereocenters. The number of carbonyl (C=O) groups excluding carboxylic acids is 2. The molecule has 3 aliphatic heterocycles. The SMILES string of the molecule is COC[C@@H]1CN(C(=O)O)[C@](c2ncc(-c3ccc4c(c3)COc3cc5c(ccc6nc([C@@H]7CC[C@H](C)N7C(=O)[C@@H](NC(=O)OC)[C@@H](C)OC)[nH]c65)cc3-4)[nH]2)(C(C)(C)C)C1. The maximum atomic E-state index is 14.0. The first-order valence-corrected chi connectivity index (χ1v) is 20.2. The standard InChI is InChI=1S/C44H53N7O8/c1-23-9-14-34(51(23)39(52)36(24(2)57-7)49-41(53)58-8)38-46-32-13-11-26-16-31-29-12-10-27(15-28(29)22-59-35(31)17-30(26)37(32)48-38)33-19-45-40(47-33)44(43(3,4)5)18-25(21-56-6)20-50(44)42(54)55/h10-13,15-17,19,23-25,34,36H,9,14,18,20-22H2,1-8H3,(H,45,47)(H,46,48)(H,49,53)(H,54,55)/t23-,24+,25-,34-,36-,44+/m0/s1. The van der Waals surface area contributed by atoms with E-state index in [0.29, 0.717) is 44.2 Å². The first-order chi connectivity index (χ1) is 28.2. The van der Waals surface area contributed by atoms with Gasteiger partial charge in [0.05, 0.1) is 48.8 Å². The van der Waals surface area contributed by atoms with E-state index in [2.05, 4.69) is 72.5 Å². The van der Waals surface area contributed by atoms with Crippen LogP contribution in [0.5, 0.6) is 5.75 Å². The number of amides is 3. The third-order valence-electron chi connectivity index (χ3n) is 12.8. The van der Waals surface area contributed by atoms with Crippen LogP contribution in [0.2, 0.25) is 0 Å². The van der Waals surface area contributed by atoms with Crippen LogP contribution in [0.15, 0.2) is 48.7 Å². The van der Waals surface area contributed by atoms with Crippen molar-refractivity contribution >= 4 is 39.9 Å². The summed E-state index contributed by atoms with van der Waals surface area (Å²) in [6, 6.07) is 13.2. The Bertz CT molecular complexity index is 2440. The molecule has 0 saturated carbocycles. The van der Waals surface area contributed by atoms with E-state index in [4.69, 9.17) is 28.9 Å². The number of hydrogen-bond acceptors (Lipinski definition) is 9. The Hall–Kier alpha value is -5.67. The van der Waals surface area contributed by atoms with Gasteiger partial charge in [-0.1, -0.05) is 39.0 Å². The van der Waals surface area contributed by atoms with Gasteiger partial charge in [0.15, 0.2) is 0 Å². The van der Waals surface area contributed by atoms with E-state index < -0.39 is 35.3 Å².